The molecule has 0 aromatic carbocycles. The van der Waals surface area contributed by atoms with Crippen LogP contribution in [0, 0.1) is 0 Å². The fourth-order valence-corrected chi connectivity index (χ4v) is 2.12. The van der Waals surface area contributed by atoms with E-state index in [1.807, 2.05) is 4.57 Å². The molecular formula is C11H16F3N3O. The monoisotopic (exact) mass is 263 g/mol. The van der Waals surface area contributed by atoms with Gasteiger partial charge >= 0.3 is 6.18 Å². The highest BCUT2D eigenvalue weighted by Gasteiger charge is 2.27. The number of alkyl halides is 3. The molecule has 0 aliphatic carbocycles. The van der Waals surface area contributed by atoms with Crippen LogP contribution in [0.1, 0.15) is 18.0 Å². The van der Waals surface area contributed by atoms with Crippen molar-refractivity contribution in [2.75, 3.05) is 26.3 Å². The summed E-state index contributed by atoms with van der Waals surface area (Å²) in [5.74, 6) is 0.398. The SMILES string of the molecule is FC(F)(F)COCCn1cncc1C1CCNC1. The van der Waals surface area contributed by atoms with Crippen molar-refractivity contribution in [2.45, 2.75) is 25.1 Å². The minimum absolute atomic E-state index is 0.0447. The van der Waals surface area contributed by atoms with Crippen molar-refractivity contribution in [3.63, 3.8) is 0 Å². The number of nitrogens with zero attached hydrogens (tertiary/aromatic N) is 2. The summed E-state index contributed by atoms with van der Waals surface area (Å²) in [6.07, 6.45) is 0.203. The van der Waals surface area contributed by atoms with Gasteiger partial charge in [0.05, 0.1) is 12.9 Å². The lowest BCUT2D eigenvalue weighted by atomic mass is 10.1. The van der Waals surface area contributed by atoms with E-state index in [9.17, 15) is 13.2 Å². The minimum atomic E-state index is -4.26. The number of hydrogen-bond acceptors (Lipinski definition) is 3. The van der Waals surface area contributed by atoms with E-state index in [1.54, 1.807) is 12.5 Å². The highest BCUT2D eigenvalue weighted by atomic mass is 19.4. The van der Waals surface area contributed by atoms with Crippen LogP contribution >= 0.6 is 0 Å². The number of imidazole rings is 1. The number of ether oxygens (including phenoxy) is 1. The van der Waals surface area contributed by atoms with Crippen molar-refractivity contribution >= 4 is 0 Å². The van der Waals surface area contributed by atoms with E-state index in [-0.39, 0.29) is 6.61 Å². The van der Waals surface area contributed by atoms with Crippen molar-refractivity contribution < 1.29 is 17.9 Å². The van der Waals surface area contributed by atoms with Crippen LogP contribution in [-0.4, -0.2) is 42.0 Å². The Kier molecular flexibility index (Phi) is 4.23. The third-order valence-electron chi connectivity index (χ3n) is 2.97. The normalized spacial score (nSPS) is 20.5. The molecule has 18 heavy (non-hydrogen) atoms. The number of halogens is 3. The molecule has 1 aliphatic rings. The van der Waals surface area contributed by atoms with Gasteiger partial charge < -0.3 is 14.6 Å². The molecule has 0 radical (unpaired) electrons. The maximum Gasteiger partial charge on any atom is 0.411 e. The van der Waals surface area contributed by atoms with Crippen LogP contribution in [0.2, 0.25) is 0 Å². The van der Waals surface area contributed by atoms with Crippen LogP contribution in [-0.2, 0) is 11.3 Å². The van der Waals surface area contributed by atoms with Gasteiger partial charge in [-0.05, 0) is 13.0 Å². The van der Waals surface area contributed by atoms with Crippen LogP contribution in [0.3, 0.4) is 0 Å². The summed E-state index contributed by atoms with van der Waals surface area (Å²) in [5, 5.41) is 3.25. The third kappa shape index (κ3) is 3.71. The summed E-state index contributed by atoms with van der Waals surface area (Å²) >= 11 is 0. The average Bonchev–Trinajstić information content (AvgIpc) is 2.93. The second-order valence-electron chi connectivity index (χ2n) is 4.37. The molecule has 1 N–H and O–H groups in total. The molecule has 102 valence electrons. The zero-order chi connectivity index (χ0) is 13.0. The first-order valence-electron chi connectivity index (χ1n) is 5.91. The van der Waals surface area contributed by atoms with Gasteiger partial charge in [-0.2, -0.15) is 13.2 Å². The van der Waals surface area contributed by atoms with Gasteiger partial charge in [0, 0.05) is 30.9 Å². The van der Waals surface area contributed by atoms with Gasteiger partial charge in [0.1, 0.15) is 6.61 Å². The molecular weight excluding hydrogens is 247 g/mol. The highest BCUT2D eigenvalue weighted by molar-refractivity contribution is 5.09. The van der Waals surface area contributed by atoms with Crippen LogP contribution in [0.25, 0.3) is 0 Å². The van der Waals surface area contributed by atoms with E-state index < -0.39 is 12.8 Å². The molecule has 1 aliphatic heterocycles. The largest absolute Gasteiger partial charge is 0.411 e. The summed E-state index contributed by atoms with van der Waals surface area (Å²) in [5.41, 5.74) is 1.07. The van der Waals surface area contributed by atoms with Gasteiger partial charge in [0.25, 0.3) is 0 Å². The zero-order valence-electron chi connectivity index (χ0n) is 9.91. The lowest BCUT2D eigenvalue weighted by Gasteiger charge is -2.13. The van der Waals surface area contributed by atoms with E-state index in [0.717, 1.165) is 25.2 Å². The molecule has 0 spiro atoms. The Balaban J connectivity index is 1.81. The first kappa shape index (κ1) is 13.4. The summed E-state index contributed by atoms with van der Waals surface area (Å²) < 4.78 is 42.2. The lowest BCUT2D eigenvalue weighted by Crippen LogP contribution is -2.19. The van der Waals surface area contributed by atoms with Crippen molar-refractivity contribution in [3.8, 4) is 0 Å². The molecule has 2 heterocycles. The van der Waals surface area contributed by atoms with Crippen LogP contribution in [0.5, 0.6) is 0 Å². The predicted molar refractivity (Wildman–Crippen MR) is 59.3 cm³/mol. The second-order valence-corrected chi connectivity index (χ2v) is 4.37. The maximum absolute atomic E-state index is 11.9. The molecule has 1 unspecified atom stereocenters. The van der Waals surface area contributed by atoms with Crippen molar-refractivity contribution in [1.82, 2.24) is 14.9 Å². The molecule has 1 saturated heterocycles. The van der Waals surface area contributed by atoms with Gasteiger partial charge in [-0.3, -0.25) is 0 Å². The van der Waals surface area contributed by atoms with E-state index in [1.165, 1.54) is 0 Å². The Hall–Kier alpha value is -1.08. The average molecular weight is 263 g/mol. The summed E-state index contributed by atoms with van der Waals surface area (Å²) in [6.45, 7) is 1.13. The van der Waals surface area contributed by atoms with Crippen molar-refractivity contribution in [1.29, 1.82) is 0 Å². The number of rotatable bonds is 5. The van der Waals surface area contributed by atoms with Crippen LogP contribution in [0.15, 0.2) is 12.5 Å². The Bertz CT molecular complexity index is 372. The maximum atomic E-state index is 11.9. The van der Waals surface area contributed by atoms with Crippen LogP contribution in [0.4, 0.5) is 13.2 Å². The van der Waals surface area contributed by atoms with Gasteiger partial charge in [-0.25, -0.2) is 4.98 Å². The molecule has 1 atom stereocenters. The highest BCUT2D eigenvalue weighted by Crippen LogP contribution is 2.21. The zero-order valence-corrected chi connectivity index (χ0v) is 9.91. The molecule has 0 amide bonds. The molecule has 1 fully saturated rings. The Morgan fingerprint density at radius 1 is 1.50 bits per heavy atom. The number of aromatic nitrogens is 2. The van der Waals surface area contributed by atoms with Crippen LogP contribution < -0.4 is 5.32 Å². The van der Waals surface area contributed by atoms with Crippen molar-refractivity contribution in [2.24, 2.45) is 0 Å². The van der Waals surface area contributed by atoms with Gasteiger partial charge in [0.15, 0.2) is 0 Å². The Labute approximate surface area is 103 Å². The predicted octanol–water partition coefficient (Wildman–Crippen LogP) is 1.54. The van der Waals surface area contributed by atoms with Crippen molar-refractivity contribution in [3.05, 3.63) is 18.2 Å². The molecule has 0 saturated carbocycles. The molecule has 4 nitrogen and oxygen atoms in total. The molecule has 2 rings (SSSR count). The van der Waals surface area contributed by atoms with E-state index >= 15 is 0 Å². The summed E-state index contributed by atoms with van der Waals surface area (Å²) in [7, 11) is 0. The molecule has 0 bridgehead atoms. The number of nitrogens with one attached hydrogen (secondary N) is 1. The smallest absolute Gasteiger partial charge is 0.370 e. The topological polar surface area (TPSA) is 39.1 Å². The molecule has 1 aromatic heterocycles. The molecule has 1 aromatic rings. The first-order chi connectivity index (χ1) is 8.56. The van der Waals surface area contributed by atoms with Gasteiger partial charge in [0.2, 0.25) is 0 Å². The first-order valence-corrected chi connectivity index (χ1v) is 5.91. The fourth-order valence-electron chi connectivity index (χ4n) is 2.12. The van der Waals surface area contributed by atoms with Gasteiger partial charge in [-0.1, -0.05) is 0 Å². The summed E-state index contributed by atoms with van der Waals surface area (Å²) in [6, 6.07) is 0. The Morgan fingerprint density at radius 2 is 2.33 bits per heavy atom. The number of hydrogen-bond donors (Lipinski definition) is 1. The quantitative estimate of drug-likeness (QED) is 0.819. The molecule has 7 heteroatoms. The standard InChI is InChI=1S/C11H16F3N3O/c12-11(13,14)7-18-4-3-17-8-16-6-10(17)9-1-2-15-5-9/h6,8-9,15H,1-5,7H2. The summed E-state index contributed by atoms with van der Waals surface area (Å²) in [4.78, 5) is 4.05. The van der Waals surface area contributed by atoms with E-state index in [0.29, 0.717) is 12.5 Å². The minimum Gasteiger partial charge on any atom is -0.370 e. The van der Waals surface area contributed by atoms with E-state index in [4.69, 9.17) is 0 Å². The Morgan fingerprint density at radius 3 is 3.00 bits per heavy atom. The van der Waals surface area contributed by atoms with Gasteiger partial charge in [-0.15, -0.1) is 0 Å². The third-order valence-corrected chi connectivity index (χ3v) is 2.97. The van der Waals surface area contributed by atoms with E-state index in [2.05, 4.69) is 15.0 Å². The fraction of sp³-hybridized carbons (Fsp3) is 0.727. The second kappa shape index (κ2) is 5.71. The lowest BCUT2D eigenvalue weighted by molar-refractivity contribution is -0.174.